The quantitative estimate of drug-likeness (QED) is 0.702. The van der Waals surface area contributed by atoms with Crippen molar-refractivity contribution in [3.8, 4) is 11.4 Å². The molecular weight excluding hydrogens is 324 g/mol. The zero-order valence-corrected chi connectivity index (χ0v) is 13.1. The minimum Gasteiger partial charge on any atom is -0.233 e. The van der Waals surface area contributed by atoms with Crippen LogP contribution in [0.3, 0.4) is 0 Å². The van der Waals surface area contributed by atoms with Gasteiger partial charge in [0.1, 0.15) is 5.15 Å². The van der Waals surface area contributed by atoms with Gasteiger partial charge >= 0.3 is 0 Å². The average Bonchev–Trinajstić information content (AvgIpc) is 2.38. The van der Waals surface area contributed by atoms with E-state index in [1.807, 2.05) is 6.07 Å². The number of halogens is 2. The summed E-state index contributed by atoms with van der Waals surface area (Å²) in [5, 5.41) is 0.618. The predicted molar refractivity (Wildman–Crippen MR) is 81.6 cm³/mol. The van der Waals surface area contributed by atoms with E-state index in [4.69, 9.17) is 16.6 Å². The maximum absolute atomic E-state index is 6.31. The summed E-state index contributed by atoms with van der Waals surface area (Å²) >= 11 is 9.90. The maximum Gasteiger partial charge on any atom is 0.162 e. The molecule has 1 aromatic carbocycles. The van der Waals surface area contributed by atoms with Gasteiger partial charge in [-0.15, -0.1) is 0 Å². The maximum atomic E-state index is 6.31. The monoisotopic (exact) mass is 336 g/mol. The van der Waals surface area contributed by atoms with Crippen LogP contribution in [0.2, 0.25) is 5.15 Å². The molecule has 0 bridgehead atoms. The van der Waals surface area contributed by atoms with Crippen molar-refractivity contribution in [1.29, 1.82) is 0 Å². The van der Waals surface area contributed by atoms with E-state index in [1.165, 1.54) is 18.4 Å². The molecule has 0 unspecified atom stereocenters. The molecule has 0 N–H and O–H groups in total. The molecule has 0 spiro atoms. The summed E-state index contributed by atoms with van der Waals surface area (Å²) in [5.74, 6) is 0.720. The van der Waals surface area contributed by atoms with Crippen molar-refractivity contribution in [2.45, 2.75) is 32.6 Å². The van der Waals surface area contributed by atoms with Gasteiger partial charge in [0.15, 0.2) is 5.82 Å². The molecule has 3 rings (SSSR count). The van der Waals surface area contributed by atoms with Crippen LogP contribution < -0.4 is 0 Å². The molecule has 0 fully saturated rings. The zero-order chi connectivity index (χ0) is 13.4. The minimum atomic E-state index is 0.618. The number of fused-ring (bicyclic) bond motifs is 1. The number of nitrogens with zero attached hydrogens (tertiary/aromatic N) is 2. The van der Waals surface area contributed by atoms with E-state index in [9.17, 15) is 0 Å². The SMILES string of the molecule is Cc1ccc(-c2nc(Cl)c3c(n2)CCCC3)c(Br)c1. The van der Waals surface area contributed by atoms with E-state index >= 15 is 0 Å². The molecule has 0 saturated heterocycles. The second-order valence-corrected chi connectivity index (χ2v) is 6.17. The van der Waals surface area contributed by atoms with Gasteiger partial charge in [-0.3, -0.25) is 0 Å². The van der Waals surface area contributed by atoms with Gasteiger partial charge in [-0.25, -0.2) is 9.97 Å². The van der Waals surface area contributed by atoms with E-state index in [0.29, 0.717) is 5.15 Å². The van der Waals surface area contributed by atoms with Gasteiger partial charge in [0.2, 0.25) is 0 Å². The van der Waals surface area contributed by atoms with Crippen molar-refractivity contribution in [3.05, 3.63) is 44.6 Å². The molecule has 4 heteroatoms. The normalized spacial score (nSPS) is 14.3. The molecule has 1 aliphatic carbocycles. The van der Waals surface area contributed by atoms with Gasteiger partial charge in [-0.05, 0) is 50.3 Å². The molecule has 0 saturated carbocycles. The van der Waals surface area contributed by atoms with Crippen LogP contribution in [-0.2, 0) is 12.8 Å². The van der Waals surface area contributed by atoms with Gasteiger partial charge in [0, 0.05) is 21.3 Å². The third-order valence-corrected chi connectivity index (χ3v) is 4.47. The van der Waals surface area contributed by atoms with E-state index in [-0.39, 0.29) is 0 Å². The van der Waals surface area contributed by atoms with Gasteiger partial charge in [-0.1, -0.05) is 33.6 Å². The van der Waals surface area contributed by atoms with E-state index < -0.39 is 0 Å². The Hall–Kier alpha value is -0.930. The standard InChI is InChI=1S/C15H14BrClN2/c1-9-6-7-10(12(16)8-9)15-18-13-5-3-2-4-11(13)14(17)19-15/h6-8H,2-5H2,1H3. The number of benzene rings is 1. The average molecular weight is 338 g/mol. The predicted octanol–water partition coefficient (Wildman–Crippen LogP) is 4.75. The highest BCUT2D eigenvalue weighted by atomic mass is 79.9. The lowest BCUT2D eigenvalue weighted by Crippen LogP contribution is -2.09. The zero-order valence-electron chi connectivity index (χ0n) is 10.7. The molecular formula is C15H14BrClN2. The number of aryl methyl sites for hydroxylation is 2. The van der Waals surface area contributed by atoms with Crippen LogP contribution >= 0.6 is 27.5 Å². The Morgan fingerprint density at radius 1 is 1.16 bits per heavy atom. The number of aromatic nitrogens is 2. The molecule has 0 amide bonds. The Kier molecular flexibility index (Phi) is 3.59. The summed E-state index contributed by atoms with van der Waals surface area (Å²) in [6.45, 7) is 2.06. The van der Waals surface area contributed by atoms with Crippen LogP contribution in [0, 0.1) is 6.92 Å². The molecule has 19 heavy (non-hydrogen) atoms. The molecule has 0 atom stereocenters. The summed E-state index contributed by atoms with van der Waals surface area (Å²) < 4.78 is 1.01. The summed E-state index contributed by atoms with van der Waals surface area (Å²) in [6.07, 6.45) is 4.38. The number of hydrogen-bond acceptors (Lipinski definition) is 2. The third-order valence-electron chi connectivity index (χ3n) is 3.50. The smallest absolute Gasteiger partial charge is 0.162 e. The summed E-state index contributed by atoms with van der Waals surface area (Å²) in [4.78, 5) is 9.18. The molecule has 1 heterocycles. The fourth-order valence-corrected chi connectivity index (χ4v) is 3.42. The number of hydrogen-bond donors (Lipinski definition) is 0. The number of rotatable bonds is 1. The fraction of sp³-hybridized carbons (Fsp3) is 0.333. The van der Waals surface area contributed by atoms with Crippen molar-refractivity contribution >= 4 is 27.5 Å². The van der Waals surface area contributed by atoms with Crippen molar-refractivity contribution in [2.24, 2.45) is 0 Å². The lowest BCUT2D eigenvalue weighted by molar-refractivity contribution is 0.663. The highest BCUT2D eigenvalue weighted by molar-refractivity contribution is 9.10. The summed E-state index contributed by atoms with van der Waals surface area (Å²) in [6, 6.07) is 6.18. The van der Waals surface area contributed by atoms with Crippen LogP contribution in [0.15, 0.2) is 22.7 Å². The highest BCUT2D eigenvalue weighted by Gasteiger charge is 2.18. The first kappa shape index (κ1) is 13.1. The summed E-state index contributed by atoms with van der Waals surface area (Å²) in [7, 11) is 0. The fourth-order valence-electron chi connectivity index (χ4n) is 2.47. The van der Waals surface area contributed by atoms with Gasteiger partial charge in [0.25, 0.3) is 0 Å². The molecule has 2 aromatic rings. The van der Waals surface area contributed by atoms with Crippen LogP contribution in [0.25, 0.3) is 11.4 Å². The van der Waals surface area contributed by atoms with Crippen molar-refractivity contribution in [2.75, 3.05) is 0 Å². The van der Waals surface area contributed by atoms with E-state index in [1.54, 1.807) is 0 Å². The van der Waals surface area contributed by atoms with Gasteiger partial charge in [-0.2, -0.15) is 0 Å². The lowest BCUT2D eigenvalue weighted by atomic mass is 9.97. The first-order valence-corrected chi connectivity index (χ1v) is 7.64. The van der Waals surface area contributed by atoms with E-state index in [0.717, 1.165) is 40.0 Å². The largest absolute Gasteiger partial charge is 0.233 e. The van der Waals surface area contributed by atoms with Crippen LogP contribution in [0.4, 0.5) is 0 Å². The topological polar surface area (TPSA) is 25.8 Å². The van der Waals surface area contributed by atoms with Crippen molar-refractivity contribution in [1.82, 2.24) is 9.97 Å². The highest BCUT2D eigenvalue weighted by Crippen LogP contribution is 2.31. The Morgan fingerprint density at radius 2 is 1.95 bits per heavy atom. The van der Waals surface area contributed by atoms with Crippen LogP contribution in [0.5, 0.6) is 0 Å². The lowest BCUT2D eigenvalue weighted by Gasteiger charge is -2.17. The Morgan fingerprint density at radius 3 is 2.74 bits per heavy atom. The summed E-state index contributed by atoms with van der Waals surface area (Å²) in [5.41, 5.74) is 4.47. The Balaban J connectivity index is 2.13. The first-order chi connectivity index (χ1) is 9.15. The van der Waals surface area contributed by atoms with Crippen LogP contribution in [0.1, 0.15) is 29.7 Å². The van der Waals surface area contributed by atoms with E-state index in [2.05, 4.69) is 40.0 Å². The first-order valence-electron chi connectivity index (χ1n) is 6.47. The molecule has 0 aliphatic heterocycles. The molecule has 0 radical (unpaired) electrons. The molecule has 98 valence electrons. The van der Waals surface area contributed by atoms with Gasteiger partial charge < -0.3 is 0 Å². The van der Waals surface area contributed by atoms with Crippen molar-refractivity contribution in [3.63, 3.8) is 0 Å². The molecule has 1 aromatic heterocycles. The van der Waals surface area contributed by atoms with Crippen LogP contribution in [-0.4, -0.2) is 9.97 Å². The van der Waals surface area contributed by atoms with Crippen molar-refractivity contribution < 1.29 is 0 Å². The third kappa shape index (κ3) is 2.54. The van der Waals surface area contributed by atoms with Gasteiger partial charge in [0.05, 0.1) is 0 Å². The Bertz CT molecular complexity index is 640. The second kappa shape index (κ2) is 5.22. The molecule has 1 aliphatic rings. The second-order valence-electron chi connectivity index (χ2n) is 4.95. The molecule has 2 nitrogen and oxygen atoms in total. The Labute approximate surface area is 126 Å². The minimum absolute atomic E-state index is 0.618.